The van der Waals surface area contributed by atoms with Crippen LogP contribution in [0.25, 0.3) is 0 Å². The molecule has 2 rings (SSSR count). The van der Waals surface area contributed by atoms with Crippen LogP contribution >= 0.6 is 0 Å². The van der Waals surface area contributed by atoms with Crippen LogP contribution in [0.4, 0.5) is 13.2 Å². The molecular formula is C17H21F3N2O2. The summed E-state index contributed by atoms with van der Waals surface area (Å²) in [4.78, 5) is 23.3. The van der Waals surface area contributed by atoms with Gasteiger partial charge < -0.3 is 10.6 Å². The van der Waals surface area contributed by atoms with Crippen molar-refractivity contribution in [2.45, 2.75) is 50.7 Å². The summed E-state index contributed by atoms with van der Waals surface area (Å²) in [7, 11) is 0. The molecule has 24 heavy (non-hydrogen) atoms. The van der Waals surface area contributed by atoms with E-state index in [9.17, 15) is 22.8 Å². The standard InChI is InChI=1S/C17H21F3N2O2/c1-12-2-4-13(5-3-12)10-16(9-7-15(24)22-16)8-6-14(23)21-11-17(18,19)20/h2-5H,6-11H2,1H3,(H,21,23)(H,22,24)/t16-/m1/s1. The van der Waals surface area contributed by atoms with Crippen LogP contribution in [0.5, 0.6) is 0 Å². The molecule has 1 atom stereocenters. The lowest BCUT2D eigenvalue weighted by molar-refractivity contribution is -0.138. The number of aryl methyl sites for hydroxylation is 1. The van der Waals surface area contributed by atoms with Gasteiger partial charge in [0, 0.05) is 18.4 Å². The summed E-state index contributed by atoms with van der Waals surface area (Å²) in [5.41, 5.74) is 1.58. The number of carbonyl (C=O) groups is 2. The van der Waals surface area contributed by atoms with Crippen LogP contribution in [0.15, 0.2) is 24.3 Å². The second kappa shape index (κ2) is 7.23. The zero-order valence-electron chi connectivity index (χ0n) is 13.5. The molecule has 1 saturated heterocycles. The third-order valence-electron chi connectivity index (χ3n) is 4.21. The second-order valence-corrected chi connectivity index (χ2v) is 6.38. The Bertz CT molecular complexity index is 599. The SMILES string of the molecule is Cc1ccc(C[C@@]2(CCC(=O)NCC(F)(F)F)CCC(=O)N2)cc1. The number of rotatable bonds is 6. The Morgan fingerprint density at radius 2 is 1.96 bits per heavy atom. The normalized spacial score (nSPS) is 20.8. The highest BCUT2D eigenvalue weighted by Crippen LogP contribution is 2.29. The first kappa shape index (κ1) is 18.3. The number of halogens is 3. The molecule has 1 aromatic carbocycles. The smallest absolute Gasteiger partial charge is 0.350 e. The molecule has 4 nitrogen and oxygen atoms in total. The monoisotopic (exact) mass is 342 g/mol. The van der Waals surface area contributed by atoms with Gasteiger partial charge in [-0.25, -0.2) is 0 Å². The predicted octanol–water partition coefficient (Wildman–Crippen LogP) is 2.65. The molecule has 0 saturated carbocycles. The zero-order valence-corrected chi connectivity index (χ0v) is 13.5. The molecule has 0 radical (unpaired) electrons. The fourth-order valence-corrected chi connectivity index (χ4v) is 2.92. The summed E-state index contributed by atoms with van der Waals surface area (Å²) in [6.07, 6.45) is -2.65. The first-order valence-electron chi connectivity index (χ1n) is 7.87. The molecule has 0 aromatic heterocycles. The van der Waals surface area contributed by atoms with Gasteiger partial charge in [0.05, 0.1) is 0 Å². The van der Waals surface area contributed by atoms with Gasteiger partial charge >= 0.3 is 6.18 Å². The molecule has 1 fully saturated rings. The van der Waals surface area contributed by atoms with Crippen molar-refractivity contribution in [3.8, 4) is 0 Å². The largest absolute Gasteiger partial charge is 0.405 e. The molecule has 1 aliphatic rings. The average Bonchev–Trinajstić information content (AvgIpc) is 2.86. The number of hydrogen-bond donors (Lipinski definition) is 2. The summed E-state index contributed by atoms with van der Waals surface area (Å²) in [5.74, 6) is -0.741. The Morgan fingerprint density at radius 1 is 1.29 bits per heavy atom. The van der Waals surface area contributed by atoms with E-state index in [0.29, 0.717) is 25.7 Å². The van der Waals surface area contributed by atoms with Crippen molar-refractivity contribution < 1.29 is 22.8 Å². The second-order valence-electron chi connectivity index (χ2n) is 6.38. The van der Waals surface area contributed by atoms with Crippen molar-refractivity contribution in [3.05, 3.63) is 35.4 Å². The molecule has 0 aliphatic carbocycles. The summed E-state index contributed by atoms with van der Waals surface area (Å²) < 4.78 is 36.4. The predicted molar refractivity (Wildman–Crippen MR) is 83.3 cm³/mol. The lowest BCUT2D eigenvalue weighted by atomic mass is 9.84. The molecule has 0 unspecified atom stereocenters. The Labute approximate surface area is 138 Å². The van der Waals surface area contributed by atoms with E-state index in [1.54, 1.807) is 0 Å². The maximum Gasteiger partial charge on any atom is 0.405 e. The van der Waals surface area contributed by atoms with Gasteiger partial charge in [-0.05, 0) is 31.7 Å². The van der Waals surface area contributed by atoms with Crippen molar-refractivity contribution in [1.82, 2.24) is 10.6 Å². The molecule has 2 N–H and O–H groups in total. The number of alkyl halides is 3. The minimum atomic E-state index is -4.42. The first-order chi connectivity index (χ1) is 11.2. The topological polar surface area (TPSA) is 58.2 Å². The quantitative estimate of drug-likeness (QED) is 0.835. The first-order valence-corrected chi connectivity index (χ1v) is 7.87. The molecule has 1 heterocycles. The fraction of sp³-hybridized carbons (Fsp3) is 0.529. The van der Waals surface area contributed by atoms with E-state index in [0.717, 1.165) is 11.1 Å². The fourth-order valence-electron chi connectivity index (χ4n) is 2.92. The Morgan fingerprint density at radius 3 is 2.50 bits per heavy atom. The molecule has 1 aliphatic heterocycles. The van der Waals surface area contributed by atoms with E-state index in [1.807, 2.05) is 36.5 Å². The van der Waals surface area contributed by atoms with E-state index >= 15 is 0 Å². The van der Waals surface area contributed by atoms with Crippen LogP contribution in [0.3, 0.4) is 0 Å². The Hall–Kier alpha value is -2.05. The minimum absolute atomic E-state index is 0.0534. The highest BCUT2D eigenvalue weighted by atomic mass is 19.4. The highest BCUT2D eigenvalue weighted by Gasteiger charge is 2.38. The van der Waals surface area contributed by atoms with Crippen molar-refractivity contribution in [2.75, 3.05) is 6.54 Å². The van der Waals surface area contributed by atoms with Gasteiger partial charge in [-0.15, -0.1) is 0 Å². The Balaban J connectivity index is 1.96. The van der Waals surface area contributed by atoms with Gasteiger partial charge in [-0.2, -0.15) is 13.2 Å². The molecule has 0 bridgehead atoms. The molecule has 132 valence electrons. The Kier molecular flexibility index (Phi) is 5.51. The van der Waals surface area contributed by atoms with Gasteiger partial charge in [-0.3, -0.25) is 9.59 Å². The number of hydrogen-bond acceptors (Lipinski definition) is 2. The van der Waals surface area contributed by atoms with E-state index < -0.39 is 24.2 Å². The van der Waals surface area contributed by atoms with Gasteiger partial charge in [-0.1, -0.05) is 29.8 Å². The summed E-state index contributed by atoms with van der Waals surface area (Å²) >= 11 is 0. The van der Waals surface area contributed by atoms with Crippen LogP contribution < -0.4 is 10.6 Å². The van der Waals surface area contributed by atoms with E-state index in [-0.39, 0.29) is 12.3 Å². The molecule has 2 amide bonds. The number of amides is 2. The van der Waals surface area contributed by atoms with Gasteiger partial charge in [0.25, 0.3) is 0 Å². The van der Waals surface area contributed by atoms with Gasteiger partial charge in [0.1, 0.15) is 6.54 Å². The van der Waals surface area contributed by atoms with Crippen molar-refractivity contribution in [2.24, 2.45) is 0 Å². The van der Waals surface area contributed by atoms with E-state index in [4.69, 9.17) is 0 Å². The van der Waals surface area contributed by atoms with Crippen molar-refractivity contribution in [3.63, 3.8) is 0 Å². The van der Waals surface area contributed by atoms with Gasteiger partial charge in [0.2, 0.25) is 11.8 Å². The number of carbonyl (C=O) groups excluding carboxylic acids is 2. The number of benzene rings is 1. The lowest BCUT2D eigenvalue weighted by Crippen LogP contribution is -2.45. The van der Waals surface area contributed by atoms with Crippen molar-refractivity contribution >= 4 is 11.8 Å². The molecular weight excluding hydrogens is 321 g/mol. The maximum atomic E-state index is 12.1. The van der Waals surface area contributed by atoms with Crippen LogP contribution in [0.2, 0.25) is 0 Å². The van der Waals surface area contributed by atoms with Crippen LogP contribution in [-0.4, -0.2) is 30.1 Å². The molecule has 1 aromatic rings. The van der Waals surface area contributed by atoms with Gasteiger partial charge in [0.15, 0.2) is 0 Å². The molecule has 7 heteroatoms. The van der Waals surface area contributed by atoms with Crippen LogP contribution in [0, 0.1) is 6.92 Å². The summed E-state index contributed by atoms with van der Waals surface area (Å²) in [6.45, 7) is 0.644. The van der Waals surface area contributed by atoms with Crippen LogP contribution in [-0.2, 0) is 16.0 Å². The van der Waals surface area contributed by atoms with Crippen LogP contribution in [0.1, 0.15) is 36.8 Å². The highest BCUT2D eigenvalue weighted by molar-refractivity contribution is 5.80. The zero-order chi connectivity index (χ0) is 17.8. The number of nitrogens with one attached hydrogen (secondary N) is 2. The van der Waals surface area contributed by atoms with Crippen molar-refractivity contribution in [1.29, 1.82) is 0 Å². The lowest BCUT2D eigenvalue weighted by Gasteiger charge is -2.29. The maximum absolute atomic E-state index is 12.1. The third-order valence-corrected chi connectivity index (χ3v) is 4.21. The third kappa shape index (κ3) is 5.54. The summed E-state index contributed by atoms with van der Waals surface area (Å²) in [5, 5.41) is 4.79. The van der Waals surface area contributed by atoms with E-state index in [1.165, 1.54) is 0 Å². The minimum Gasteiger partial charge on any atom is -0.350 e. The van der Waals surface area contributed by atoms with E-state index in [2.05, 4.69) is 5.32 Å². The molecule has 0 spiro atoms. The average molecular weight is 342 g/mol. The summed E-state index contributed by atoms with van der Waals surface area (Å²) in [6, 6.07) is 7.86.